The Morgan fingerprint density at radius 1 is 0.296 bits per heavy atom. The Balaban J connectivity index is 0.000000146. The minimum Gasteiger partial charge on any atom is -0.507 e. The summed E-state index contributed by atoms with van der Waals surface area (Å²) in [7, 11) is 0. The molecular formula is C52H54O2. The smallest absolute Gasteiger partial charge is 0.124 e. The molecule has 0 heterocycles. The molecule has 2 N–H and O–H groups in total. The number of aromatic hydroxyl groups is 2. The summed E-state index contributed by atoms with van der Waals surface area (Å²) in [5.74, 6) is 0.708. The zero-order valence-corrected chi connectivity index (χ0v) is 32.7. The zero-order chi connectivity index (χ0) is 38.5. The third-order valence-corrected chi connectivity index (χ3v) is 9.93. The van der Waals surface area contributed by atoms with E-state index in [0.717, 1.165) is 52.6 Å². The van der Waals surface area contributed by atoms with Crippen molar-refractivity contribution in [1.29, 1.82) is 0 Å². The van der Waals surface area contributed by atoms with E-state index >= 15 is 0 Å². The van der Waals surface area contributed by atoms with Crippen molar-refractivity contribution in [2.45, 2.75) is 67.2 Å². The van der Waals surface area contributed by atoms with Crippen LogP contribution < -0.4 is 0 Å². The highest BCUT2D eigenvalue weighted by Crippen LogP contribution is 2.43. The van der Waals surface area contributed by atoms with Crippen LogP contribution in [0.3, 0.4) is 0 Å². The lowest BCUT2D eigenvalue weighted by Gasteiger charge is -2.14. The molecule has 0 spiro atoms. The maximum Gasteiger partial charge on any atom is 0.124 e. The molecule has 274 valence electrons. The van der Waals surface area contributed by atoms with Gasteiger partial charge in [0.05, 0.1) is 0 Å². The predicted molar refractivity (Wildman–Crippen MR) is 237 cm³/mol. The van der Waals surface area contributed by atoms with Crippen molar-refractivity contribution in [3.63, 3.8) is 0 Å². The van der Waals surface area contributed by atoms with Crippen LogP contribution in [-0.2, 0) is 25.7 Å². The van der Waals surface area contributed by atoms with E-state index in [1.54, 1.807) is 12.1 Å². The molecule has 0 fully saturated rings. The van der Waals surface area contributed by atoms with E-state index in [1.165, 1.54) is 49.2 Å². The first-order chi connectivity index (χ1) is 26.4. The quantitative estimate of drug-likeness (QED) is 0.141. The van der Waals surface area contributed by atoms with E-state index in [9.17, 15) is 10.2 Å². The van der Waals surface area contributed by atoms with Crippen molar-refractivity contribution in [1.82, 2.24) is 0 Å². The highest BCUT2D eigenvalue weighted by Gasteiger charge is 2.14. The average molecular weight is 711 g/mol. The molecule has 0 amide bonds. The molecule has 0 aliphatic heterocycles. The normalized spacial score (nSPS) is 10.5. The maximum atomic E-state index is 10.4. The average Bonchev–Trinajstić information content (AvgIpc) is 3.25. The monoisotopic (exact) mass is 710 g/mol. The van der Waals surface area contributed by atoms with Gasteiger partial charge in [0.25, 0.3) is 0 Å². The second-order valence-corrected chi connectivity index (χ2v) is 13.1. The second kappa shape index (κ2) is 19.3. The Morgan fingerprint density at radius 2 is 0.667 bits per heavy atom. The van der Waals surface area contributed by atoms with Gasteiger partial charge in [0, 0.05) is 16.2 Å². The van der Waals surface area contributed by atoms with Crippen LogP contribution in [0.2, 0.25) is 0 Å². The second-order valence-electron chi connectivity index (χ2n) is 13.1. The number of fused-ring (bicyclic) bond motifs is 3. The fourth-order valence-electron chi connectivity index (χ4n) is 6.87. The SMILES string of the molecule is CC.CCc1ccc(CC)cc1.CCc1ccc(CC)cc1.Oc1ccc2cccc3c4cccc5cccc(c1c23)c54.Oc1cccc2ccccc12. The minimum absolute atomic E-state index is 0.350. The summed E-state index contributed by atoms with van der Waals surface area (Å²) >= 11 is 0. The lowest BCUT2D eigenvalue weighted by molar-refractivity contribution is 0.481. The van der Waals surface area contributed by atoms with Gasteiger partial charge in [-0.2, -0.15) is 0 Å². The van der Waals surface area contributed by atoms with Crippen LogP contribution in [0.4, 0.5) is 0 Å². The van der Waals surface area contributed by atoms with Crippen LogP contribution >= 0.6 is 0 Å². The minimum atomic E-state index is 0.350. The molecule has 0 bridgehead atoms. The molecule has 0 saturated carbocycles. The number of phenolic OH excluding ortho intramolecular Hbond substituents is 2. The Hall–Kier alpha value is -5.86. The number of hydrogen-bond acceptors (Lipinski definition) is 2. The van der Waals surface area contributed by atoms with Gasteiger partial charge < -0.3 is 10.2 Å². The first-order valence-corrected chi connectivity index (χ1v) is 19.5. The highest BCUT2D eigenvalue weighted by molar-refractivity contribution is 6.34. The van der Waals surface area contributed by atoms with Crippen molar-refractivity contribution in [2.24, 2.45) is 0 Å². The standard InChI is InChI=1S/C20H12O.C10H8O.2C10H14.C2H6/c21-17-11-10-13-6-2-8-15-14-7-1-4-12-5-3-9-16(18(12)14)20(17)19(13)15;11-10-7-3-5-8-4-1-2-6-9(8)10;2*1-3-9-5-7-10(4-2)8-6-9;1-2/h1-11,21H;1-7,11H;2*5-8H,3-4H2,1-2H3;1-2H3. The van der Waals surface area contributed by atoms with Crippen molar-refractivity contribution >= 4 is 53.9 Å². The van der Waals surface area contributed by atoms with Gasteiger partial charge in [0.2, 0.25) is 0 Å². The van der Waals surface area contributed by atoms with Crippen molar-refractivity contribution in [3.8, 4) is 11.5 Å². The van der Waals surface area contributed by atoms with E-state index in [4.69, 9.17) is 0 Å². The van der Waals surface area contributed by atoms with Gasteiger partial charge >= 0.3 is 0 Å². The van der Waals surface area contributed by atoms with Gasteiger partial charge in [0.15, 0.2) is 0 Å². The molecule has 0 aliphatic carbocycles. The Morgan fingerprint density at radius 3 is 1.15 bits per heavy atom. The highest BCUT2D eigenvalue weighted by atomic mass is 16.3. The number of hydrogen-bond donors (Lipinski definition) is 2. The fraction of sp³-hybridized carbons (Fsp3) is 0.192. The molecule has 9 aromatic rings. The van der Waals surface area contributed by atoms with E-state index in [-0.39, 0.29) is 0 Å². The zero-order valence-electron chi connectivity index (χ0n) is 32.7. The summed E-state index contributed by atoms with van der Waals surface area (Å²) in [4.78, 5) is 0. The number of rotatable bonds is 4. The number of phenols is 2. The Bertz CT molecular complexity index is 2410. The summed E-state index contributed by atoms with van der Waals surface area (Å²) < 4.78 is 0. The largest absolute Gasteiger partial charge is 0.507 e. The van der Waals surface area contributed by atoms with Crippen molar-refractivity contribution < 1.29 is 10.2 Å². The summed E-state index contributed by atoms with van der Waals surface area (Å²) in [6.07, 6.45) is 4.57. The van der Waals surface area contributed by atoms with Crippen LogP contribution in [0.5, 0.6) is 11.5 Å². The van der Waals surface area contributed by atoms with Gasteiger partial charge in [-0.15, -0.1) is 0 Å². The van der Waals surface area contributed by atoms with E-state index < -0.39 is 0 Å². The molecule has 2 heteroatoms. The molecule has 54 heavy (non-hydrogen) atoms. The molecule has 9 rings (SSSR count). The Labute approximate surface area is 321 Å². The predicted octanol–water partition coefficient (Wildman–Crippen LogP) is 14.6. The van der Waals surface area contributed by atoms with Crippen LogP contribution in [0.15, 0.2) is 158 Å². The van der Waals surface area contributed by atoms with E-state index in [2.05, 4.69) is 131 Å². The summed E-state index contributed by atoms with van der Waals surface area (Å²) in [5, 5.41) is 31.2. The third kappa shape index (κ3) is 9.01. The van der Waals surface area contributed by atoms with Crippen LogP contribution in [0.1, 0.15) is 63.8 Å². The van der Waals surface area contributed by atoms with Crippen LogP contribution in [0.25, 0.3) is 53.9 Å². The fourth-order valence-corrected chi connectivity index (χ4v) is 6.87. The molecule has 0 radical (unpaired) electrons. The number of aryl methyl sites for hydroxylation is 4. The summed E-state index contributed by atoms with van der Waals surface area (Å²) in [6, 6.07) is 53.8. The topological polar surface area (TPSA) is 40.5 Å². The van der Waals surface area contributed by atoms with E-state index in [1.807, 2.05) is 56.3 Å². The van der Waals surface area contributed by atoms with Gasteiger partial charge in [-0.3, -0.25) is 0 Å². The Kier molecular flexibility index (Phi) is 14.1. The third-order valence-electron chi connectivity index (χ3n) is 9.93. The van der Waals surface area contributed by atoms with E-state index in [0.29, 0.717) is 11.5 Å². The molecule has 0 aliphatic rings. The molecule has 0 atom stereocenters. The molecule has 9 aromatic carbocycles. The first kappa shape index (κ1) is 39.3. The number of benzene rings is 9. The molecular weight excluding hydrogens is 657 g/mol. The molecule has 0 unspecified atom stereocenters. The summed E-state index contributed by atoms with van der Waals surface area (Å²) in [6.45, 7) is 12.7. The molecule has 2 nitrogen and oxygen atoms in total. The van der Waals surface area contributed by atoms with Gasteiger partial charge in [-0.05, 0) is 97.8 Å². The van der Waals surface area contributed by atoms with Gasteiger partial charge in [-0.1, -0.05) is 187 Å². The first-order valence-electron chi connectivity index (χ1n) is 19.5. The van der Waals surface area contributed by atoms with Gasteiger partial charge in [-0.25, -0.2) is 0 Å². The van der Waals surface area contributed by atoms with Crippen molar-refractivity contribution in [2.75, 3.05) is 0 Å². The summed E-state index contributed by atoms with van der Waals surface area (Å²) in [5.41, 5.74) is 5.71. The lowest BCUT2D eigenvalue weighted by Crippen LogP contribution is -1.86. The van der Waals surface area contributed by atoms with Crippen LogP contribution in [0, 0.1) is 0 Å². The van der Waals surface area contributed by atoms with Crippen molar-refractivity contribution in [3.05, 3.63) is 180 Å². The van der Waals surface area contributed by atoms with Crippen LogP contribution in [-0.4, -0.2) is 10.2 Å². The van der Waals surface area contributed by atoms with Gasteiger partial charge in [0.1, 0.15) is 11.5 Å². The molecule has 0 aromatic heterocycles. The maximum absolute atomic E-state index is 10.4. The lowest BCUT2D eigenvalue weighted by atomic mass is 9.89. The molecule has 0 saturated heterocycles.